The van der Waals surface area contributed by atoms with Gasteiger partial charge in [-0.25, -0.2) is 5.43 Å². The topological polar surface area (TPSA) is 66.6 Å². The van der Waals surface area contributed by atoms with Gasteiger partial charge >= 0.3 is 0 Å². The van der Waals surface area contributed by atoms with E-state index >= 15 is 0 Å². The van der Waals surface area contributed by atoms with E-state index in [4.69, 9.17) is 0 Å². The molecule has 0 atom stereocenters. The van der Waals surface area contributed by atoms with Crippen molar-refractivity contribution in [2.24, 2.45) is 5.10 Å². The molecule has 0 radical (unpaired) electrons. The zero-order valence-electron chi connectivity index (χ0n) is 14.7. The van der Waals surface area contributed by atoms with Crippen molar-refractivity contribution in [3.05, 3.63) is 80.0 Å². The summed E-state index contributed by atoms with van der Waals surface area (Å²) in [7, 11) is 0. The number of benzene rings is 2. The van der Waals surface area contributed by atoms with E-state index in [-0.39, 0.29) is 11.3 Å². The van der Waals surface area contributed by atoms with Crippen LogP contribution in [0.5, 0.6) is 5.75 Å². The van der Waals surface area contributed by atoms with Crippen molar-refractivity contribution in [1.82, 2.24) is 9.99 Å². The molecule has 5 nitrogen and oxygen atoms in total. The van der Waals surface area contributed by atoms with Crippen LogP contribution >= 0.6 is 31.9 Å². The van der Waals surface area contributed by atoms with Gasteiger partial charge in [-0.3, -0.25) is 4.79 Å². The van der Waals surface area contributed by atoms with Gasteiger partial charge in [0.15, 0.2) is 0 Å². The number of phenolic OH excluding ortho intramolecular Hbond substituents is 1. The van der Waals surface area contributed by atoms with Crippen molar-refractivity contribution in [1.29, 1.82) is 0 Å². The van der Waals surface area contributed by atoms with Crippen LogP contribution in [0.4, 0.5) is 0 Å². The Bertz CT molecular complexity index is 1040. The molecule has 0 spiro atoms. The summed E-state index contributed by atoms with van der Waals surface area (Å²) >= 11 is 6.78. The summed E-state index contributed by atoms with van der Waals surface area (Å²) < 4.78 is 3.82. The molecule has 3 rings (SSSR count). The summed E-state index contributed by atoms with van der Waals surface area (Å²) in [5.74, 6) is -0.579. The minimum Gasteiger partial charge on any atom is -0.507 e. The summed E-state index contributed by atoms with van der Waals surface area (Å²) in [6, 6.07) is 14.7. The molecule has 0 aliphatic heterocycles. The van der Waals surface area contributed by atoms with Gasteiger partial charge in [0.1, 0.15) is 5.75 Å². The molecule has 0 unspecified atom stereocenters. The predicted octanol–water partition coefficient (Wildman–Crippen LogP) is 5.09. The zero-order chi connectivity index (χ0) is 19.6. The molecular weight excluding hydrogens is 474 g/mol. The molecule has 1 amide bonds. The number of halogens is 2. The first kappa shape index (κ1) is 19.4. The van der Waals surface area contributed by atoms with Crippen molar-refractivity contribution in [2.75, 3.05) is 0 Å². The largest absolute Gasteiger partial charge is 0.507 e. The van der Waals surface area contributed by atoms with Crippen molar-refractivity contribution >= 4 is 44.0 Å². The summed E-state index contributed by atoms with van der Waals surface area (Å²) in [6.45, 7) is 4.01. The number of aromatic nitrogens is 1. The fraction of sp³-hybridized carbons (Fsp3) is 0.100. The lowest BCUT2D eigenvalue weighted by molar-refractivity contribution is 0.0952. The Balaban J connectivity index is 1.81. The number of nitrogens with zero attached hydrogens (tertiary/aromatic N) is 2. The lowest BCUT2D eigenvalue weighted by Gasteiger charge is -2.09. The van der Waals surface area contributed by atoms with Crippen LogP contribution in [-0.2, 0) is 0 Å². The second kappa shape index (κ2) is 8.10. The number of amides is 1. The van der Waals surface area contributed by atoms with Crippen LogP contribution in [0.2, 0.25) is 0 Å². The maximum atomic E-state index is 12.2. The van der Waals surface area contributed by atoms with Crippen LogP contribution in [0, 0.1) is 13.8 Å². The quantitative estimate of drug-likeness (QED) is 0.395. The Morgan fingerprint density at radius 2 is 1.85 bits per heavy atom. The smallest absolute Gasteiger partial charge is 0.275 e. The van der Waals surface area contributed by atoms with Gasteiger partial charge in [-0.05, 0) is 56.3 Å². The number of nitrogens with one attached hydrogen (secondary N) is 1. The normalized spacial score (nSPS) is 11.1. The van der Waals surface area contributed by atoms with Crippen LogP contribution in [-0.4, -0.2) is 21.8 Å². The maximum absolute atomic E-state index is 12.2. The van der Waals surface area contributed by atoms with E-state index < -0.39 is 5.91 Å². The molecule has 1 aromatic heterocycles. The summed E-state index contributed by atoms with van der Waals surface area (Å²) in [5, 5.41) is 13.9. The third kappa shape index (κ3) is 4.31. The van der Waals surface area contributed by atoms with Crippen LogP contribution < -0.4 is 5.43 Å². The molecule has 0 fully saturated rings. The second-order valence-corrected chi connectivity index (χ2v) is 7.83. The number of hydrazone groups is 1. The Hall–Kier alpha value is -2.38. The van der Waals surface area contributed by atoms with E-state index in [0.29, 0.717) is 4.47 Å². The summed E-state index contributed by atoms with van der Waals surface area (Å²) in [6.07, 6.45) is 1.60. The first-order valence-corrected chi connectivity index (χ1v) is 9.72. The highest BCUT2D eigenvalue weighted by atomic mass is 79.9. The number of carbonyl (C=O) groups is 1. The van der Waals surface area contributed by atoms with Crippen molar-refractivity contribution in [3.63, 3.8) is 0 Å². The Morgan fingerprint density at radius 3 is 2.59 bits per heavy atom. The molecule has 138 valence electrons. The first-order chi connectivity index (χ1) is 12.9. The van der Waals surface area contributed by atoms with Crippen molar-refractivity contribution in [2.45, 2.75) is 13.8 Å². The Morgan fingerprint density at radius 1 is 1.11 bits per heavy atom. The minimum atomic E-state index is -0.481. The van der Waals surface area contributed by atoms with E-state index in [1.54, 1.807) is 18.3 Å². The second-order valence-electron chi connectivity index (χ2n) is 6.00. The number of carbonyl (C=O) groups excluding carboxylic acids is 1. The van der Waals surface area contributed by atoms with Gasteiger partial charge in [-0.15, -0.1) is 0 Å². The molecule has 2 aromatic carbocycles. The molecule has 1 heterocycles. The monoisotopic (exact) mass is 489 g/mol. The number of hydrogen-bond acceptors (Lipinski definition) is 3. The van der Waals surface area contributed by atoms with E-state index in [0.717, 1.165) is 27.1 Å². The third-order valence-electron chi connectivity index (χ3n) is 4.11. The summed E-state index contributed by atoms with van der Waals surface area (Å²) in [5.41, 5.74) is 6.61. The van der Waals surface area contributed by atoms with Gasteiger partial charge in [0, 0.05) is 31.6 Å². The number of aromatic hydroxyl groups is 1. The molecule has 0 aliphatic rings. The van der Waals surface area contributed by atoms with Gasteiger partial charge in [0.05, 0.1) is 11.8 Å². The highest BCUT2D eigenvalue weighted by Crippen LogP contribution is 2.23. The highest BCUT2D eigenvalue weighted by molar-refractivity contribution is 9.10. The maximum Gasteiger partial charge on any atom is 0.275 e. The number of rotatable bonds is 4. The fourth-order valence-electron chi connectivity index (χ4n) is 2.84. The van der Waals surface area contributed by atoms with Crippen LogP contribution in [0.15, 0.2) is 62.6 Å². The van der Waals surface area contributed by atoms with E-state index in [9.17, 15) is 9.90 Å². The van der Waals surface area contributed by atoms with Crippen LogP contribution in [0.1, 0.15) is 27.3 Å². The van der Waals surface area contributed by atoms with Gasteiger partial charge in [-0.2, -0.15) is 5.10 Å². The lowest BCUT2D eigenvalue weighted by atomic mass is 10.2. The van der Waals surface area contributed by atoms with E-state index in [1.165, 1.54) is 6.07 Å². The summed E-state index contributed by atoms with van der Waals surface area (Å²) in [4.78, 5) is 12.2. The minimum absolute atomic E-state index is 0.0984. The van der Waals surface area contributed by atoms with Crippen molar-refractivity contribution < 1.29 is 9.90 Å². The molecule has 2 N–H and O–H groups in total. The van der Waals surface area contributed by atoms with Crippen molar-refractivity contribution in [3.8, 4) is 11.4 Å². The zero-order valence-corrected chi connectivity index (χ0v) is 17.9. The predicted molar refractivity (Wildman–Crippen MR) is 114 cm³/mol. The molecule has 3 aromatic rings. The number of hydrogen-bond donors (Lipinski definition) is 2. The average Bonchev–Trinajstić information content (AvgIpc) is 2.90. The third-order valence-corrected chi connectivity index (χ3v) is 5.10. The van der Waals surface area contributed by atoms with Gasteiger partial charge in [-0.1, -0.05) is 37.9 Å². The molecule has 0 aliphatic carbocycles. The fourth-order valence-corrected chi connectivity index (χ4v) is 3.59. The van der Waals surface area contributed by atoms with Gasteiger partial charge < -0.3 is 9.67 Å². The van der Waals surface area contributed by atoms with Gasteiger partial charge in [0.25, 0.3) is 5.91 Å². The van der Waals surface area contributed by atoms with Crippen LogP contribution in [0.3, 0.4) is 0 Å². The van der Waals surface area contributed by atoms with Crippen LogP contribution in [0.25, 0.3) is 5.69 Å². The highest BCUT2D eigenvalue weighted by Gasteiger charge is 2.12. The molecule has 0 bridgehead atoms. The van der Waals surface area contributed by atoms with Gasteiger partial charge in [0.2, 0.25) is 0 Å². The molecule has 0 saturated heterocycles. The number of aryl methyl sites for hydroxylation is 1. The van der Waals surface area contributed by atoms with E-state index in [2.05, 4.69) is 47.0 Å². The number of phenols is 1. The first-order valence-electron chi connectivity index (χ1n) is 8.13. The molecule has 0 saturated carbocycles. The molecule has 7 heteroatoms. The average molecular weight is 491 g/mol. The Kier molecular flexibility index (Phi) is 5.82. The van der Waals surface area contributed by atoms with E-state index in [1.807, 2.05) is 44.2 Å². The standard InChI is InChI=1S/C20H17Br2N3O2/c1-12-8-14(13(2)25(12)17-5-3-4-15(21)9-17)11-23-24-20(27)18-10-16(22)6-7-19(18)26/h3-11,26H,1-2H3,(H,24,27)/b23-11+. The lowest BCUT2D eigenvalue weighted by Crippen LogP contribution is -2.17. The molecule has 27 heavy (non-hydrogen) atoms. The SMILES string of the molecule is Cc1cc(/C=N/NC(=O)c2cc(Br)ccc2O)c(C)n1-c1cccc(Br)c1. The Labute approximate surface area is 174 Å². The molecular formula is C20H17Br2N3O2.